The number of anilines is 1. The highest BCUT2D eigenvalue weighted by Crippen LogP contribution is 2.36. The van der Waals surface area contributed by atoms with Crippen molar-refractivity contribution in [2.45, 2.75) is 76.9 Å². The lowest BCUT2D eigenvalue weighted by Gasteiger charge is -2.31. The van der Waals surface area contributed by atoms with Gasteiger partial charge in [0.1, 0.15) is 0 Å². The van der Waals surface area contributed by atoms with Gasteiger partial charge in [0.2, 0.25) is 0 Å². The Balaban J connectivity index is 1.57. The lowest BCUT2D eigenvalue weighted by Crippen LogP contribution is -2.43. The van der Waals surface area contributed by atoms with Gasteiger partial charge >= 0.3 is 0 Å². The first kappa shape index (κ1) is 19.5. The number of ether oxygens (including phenoxy) is 1. The number of carbonyl (C=O) groups is 1. The van der Waals surface area contributed by atoms with E-state index in [1.54, 1.807) is 0 Å². The van der Waals surface area contributed by atoms with Crippen molar-refractivity contribution in [1.82, 2.24) is 14.9 Å². The van der Waals surface area contributed by atoms with Gasteiger partial charge in [-0.3, -0.25) is 4.79 Å². The summed E-state index contributed by atoms with van der Waals surface area (Å²) in [6.07, 6.45) is 5.95. The number of pyridine rings is 1. The van der Waals surface area contributed by atoms with E-state index in [2.05, 4.69) is 20.2 Å². The first-order chi connectivity index (χ1) is 14.3. The molecular formula is C22H28FN5O2. The highest BCUT2D eigenvalue weighted by atomic mass is 19.1. The van der Waals surface area contributed by atoms with Crippen molar-refractivity contribution in [3.63, 3.8) is 0 Å². The van der Waals surface area contributed by atoms with Crippen LogP contribution in [0.5, 0.6) is 0 Å². The summed E-state index contributed by atoms with van der Waals surface area (Å²) in [5.74, 6) is -0.560. The number of nitrogens with two attached hydrogens (primary N) is 1. The molecule has 0 aromatic carbocycles. The lowest BCUT2D eigenvalue weighted by atomic mass is 9.91. The van der Waals surface area contributed by atoms with Crippen LogP contribution < -0.4 is 16.4 Å². The van der Waals surface area contributed by atoms with Gasteiger partial charge in [-0.15, -0.1) is 0 Å². The maximum atomic E-state index is 15.3. The quantitative estimate of drug-likeness (QED) is 0.719. The summed E-state index contributed by atoms with van der Waals surface area (Å²) in [7, 11) is 0. The summed E-state index contributed by atoms with van der Waals surface area (Å²) in [6.45, 7) is 5.47. The van der Waals surface area contributed by atoms with Crippen LogP contribution in [0.4, 0.5) is 10.2 Å². The van der Waals surface area contributed by atoms with E-state index in [4.69, 9.17) is 10.5 Å². The van der Waals surface area contributed by atoms with Gasteiger partial charge in [0.15, 0.2) is 11.6 Å². The summed E-state index contributed by atoms with van der Waals surface area (Å²) >= 11 is 0. The van der Waals surface area contributed by atoms with Gasteiger partial charge in [0.25, 0.3) is 5.91 Å². The molecular weight excluding hydrogens is 385 g/mol. The molecule has 2 aromatic rings. The van der Waals surface area contributed by atoms with Crippen molar-refractivity contribution < 1.29 is 13.9 Å². The van der Waals surface area contributed by atoms with Crippen LogP contribution in [0.25, 0.3) is 11.3 Å². The van der Waals surface area contributed by atoms with Crippen LogP contribution in [-0.4, -0.2) is 33.1 Å². The topological polar surface area (TPSA) is 94.2 Å². The summed E-state index contributed by atoms with van der Waals surface area (Å²) in [5.41, 5.74) is 9.02. The average Bonchev–Trinajstić information content (AvgIpc) is 3.28. The number of aromatic nitrogens is 2. The molecule has 0 saturated heterocycles. The Morgan fingerprint density at radius 1 is 1.37 bits per heavy atom. The number of halogens is 1. The van der Waals surface area contributed by atoms with E-state index in [1.807, 2.05) is 26.1 Å². The van der Waals surface area contributed by atoms with Gasteiger partial charge < -0.3 is 25.7 Å². The minimum atomic E-state index is -0.460. The largest absolute Gasteiger partial charge is 0.368 e. The molecule has 3 aliphatic rings. The van der Waals surface area contributed by atoms with Gasteiger partial charge in [0, 0.05) is 41.6 Å². The number of carbonyl (C=O) groups excluding carboxylic acids is 1. The Bertz CT molecular complexity index is 1020. The first-order valence-corrected chi connectivity index (χ1v) is 10.7. The third-order valence-corrected chi connectivity index (χ3v) is 6.45. The second-order valence-corrected chi connectivity index (χ2v) is 9.25. The third kappa shape index (κ3) is 3.28. The Hall–Kier alpha value is -2.45. The number of nitrogens with one attached hydrogen (secondary N) is 2. The Morgan fingerprint density at radius 3 is 2.97 bits per heavy atom. The zero-order valence-corrected chi connectivity index (χ0v) is 17.4. The predicted octanol–water partition coefficient (Wildman–Crippen LogP) is 2.92. The molecule has 7 nitrogen and oxygen atoms in total. The van der Waals surface area contributed by atoms with Crippen LogP contribution in [0.3, 0.4) is 0 Å². The molecule has 2 atom stereocenters. The Morgan fingerprint density at radius 2 is 2.17 bits per heavy atom. The number of hydrogen-bond acceptors (Lipinski definition) is 5. The second-order valence-electron chi connectivity index (χ2n) is 9.25. The third-order valence-electron chi connectivity index (χ3n) is 6.45. The molecule has 30 heavy (non-hydrogen) atoms. The maximum absolute atomic E-state index is 15.3. The van der Waals surface area contributed by atoms with Gasteiger partial charge in [0.05, 0.1) is 30.0 Å². The van der Waals surface area contributed by atoms with Crippen molar-refractivity contribution in [3.8, 4) is 11.3 Å². The van der Waals surface area contributed by atoms with Gasteiger partial charge in [-0.2, -0.15) is 0 Å². The fraction of sp³-hybridized carbons (Fsp3) is 0.545. The Kier molecular flexibility index (Phi) is 4.59. The lowest BCUT2D eigenvalue weighted by molar-refractivity contribution is -0.0625. The van der Waals surface area contributed by atoms with Crippen LogP contribution >= 0.6 is 0 Å². The molecule has 0 bridgehead atoms. The van der Waals surface area contributed by atoms with Crippen molar-refractivity contribution in [2.75, 3.05) is 5.32 Å². The number of fused-ring (bicyclic) bond motifs is 2. The maximum Gasteiger partial charge on any atom is 0.254 e. The molecule has 4 heterocycles. The van der Waals surface area contributed by atoms with Crippen LogP contribution in [0, 0.1) is 5.82 Å². The predicted molar refractivity (Wildman–Crippen MR) is 112 cm³/mol. The minimum absolute atomic E-state index is 0.0202. The highest BCUT2D eigenvalue weighted by Gasteiger charge is 2.33. The average molecular weight is 413 g/mol. The molecule has 2 aromatic heterocycles. The van der Waals surface area contributed by atoms with Crippen molar-refractivity contribution in [1.29, 1.82) is 0 Å². The van der Waals surface area contributed by atoms with E-state index >= 15 is 4.39 Å². The van der Waals surface area contributed by atoms with E-state index in [1.165, 1.54) is 0 Å². The van der Waals surface area contributed by atoms with E-state index in [0.29, 0.717) is 30.0 Å². The fourth-order valence-electron chi connectivity index (χ4n) is 4.78. The monoisotopic (exact) mass is 413 g/mol. The molecule has 1 saturated carbocycles. The summed E-state index contributed by atoms with van der Waals surface area (Å²) in [6, 6.07) is 1.93. The Labute approximate surface area is 175 Å². The van der Waals surface area contributed by atoms with Crippen LogP contribution in [0.15, 0.2) is 12.3 Å². The van der Waals surface area contributed by atoms with Crippen molar-refractivity contribution in [3.05, 3.63) is 34.9 Å². The highest BCUT2D eigenvalue weighted by molar-refractivity contribution is 6.04. The zero-order valence-electron chi connectivity index (χ0n) is 17.4. The molecule has 1 amide bonds. The van der Waals surface area contributed by atoms with Gasteiger partial charge in [-0.1, -0.05) is 12.8 Å². The van der Waals surface area contributed by atoms with Gasteiger partial charge in [-0.05, 0) is 32.8 Å². The molecule has 8 heteroatoms. The van der Waals surface area contributed by atoms with Gasteiger partial charge in [-0.25, -0.2) is 9.37 Å². The smallest absolute Gasteiger partial charge is 0.254 e. The number of amides is 1. The van der Waals surface area contributed by atoms with E-state index in [0.717, 1.165) is 36.9 Å². The number of rotatable bonds is 3. The SMILES string of the molecule is CC1(C)Cn2cc(-c3nc(N[C@@H]4CCCC[C@@H]4N)c(F)c4c3C(=O)NC4)cc2CO1. The van der Waals surface area contributed by atoms with Crippen LogP contribution in [0.1, 0.15) is 61.1 Å². The second kappa shape index (κ2) is 7.06. The number of hydrogen-bond donors (Lipinski definition) is 3. The fourth-order valence-corrected chi connectivity index (χ4v) is 4.78. The molecule has 1 aliphatic carbocycles. The number of nitrogens with zero attached hydrogens (tertiary/aromatic N) is 2. The normalized spacial score (nSPS) is 24.9. The molecule has 4 N–H and O–H groups in total. The molecule has 1 fully saturated rings. The minimum Gasteiger partial charge on any atom is -0.368 e. The molecule has 5 rings (SSSR count). The molecule has 2 aliphatic heterocycles. The standard InChI is InChI=1S/C22H28FN5O2/c1-22(2)11-28-9-12(7-13(28)10-30-22)19-17-14(8-25-21(17)29)18(23)20(27-19)26-16-6-4-3-5-15(16)24/h7,9,15-16H,3-6,8,10-11,24H2,1-2H3,(H,25,29)(H,26,27)/t15-,16+/m0/s1. The molecule has 160 valence electrons. The van der Waals surface area contributed by atoms with Crippen LogP contribution in [-0.2, 0) is 24.4 Å². The molecule has 0 spiro atoms. The zero-order chi connectivity index (χ0) is 21.0. The first-order valence-electron chi connectivity index (χ1n) is 10.7. The summed E-state index contributed by atoms with van der Waals surface area (Å²) in [5, 5.41) is 5.99. The van der Waals surface area contributed by atoms with E-state index in [-0.39, 0.29) is 36.0 Å². The van der Waals surface area contributed by atoms with E-state index in [9.17, 15) is 4.79 Å². The summed E-state index contributed by atoms with van der Waals surface area (Å²) in [4.78, 5) is 17.1. The van der Waals surface area contributed by atoms with Crippen LogP contribution in [0.2, 0.25) is 0 Å². The molecule has 0 radical (unpaired) electrons. The van der Waals surface area contributed by atoms with Crippen molar-refractivity contribution >= 4 is 11.7 Å². The molecule has 0 unspecified atom stereocenters. The van der Waals surface area contributed by atoms with Crippen molar-refractivity contribution in [2.24, 2.45) is 5.73 Å². The summed E-state index contributed by atoms with van der Waals surface area (Å²) < 4.78 is 23.3. The van der Waals surface area contributed by atoms with E-state index < -0.39 is 5.82 Å².